The number of ketones is 1. The molecule has 33 heavy (non-hydrogen) atoms. The van der Waals surface area contributed by atoms with Crippen LogP contribution in [-0.2, 0) is 6.42 Å². The van der Waals surface area contributed by atoms with Crippen LogP contribution in [0.3, 0.4) is 0 Å². The van der Waals surface area contributed by atoms with Gasteiger partial charge < -0.3 is 10.3 Å². The Labute approximate surface area is 189 Å². The summed E-state index contributed by atoms with van der Waals surface area (Å²) in [6.07, 6.45) is 7.34. The lowest BCUT2D eigenvalue weighted by molar-refractivity contribution is -0.0457. The van der Waals surface area contributed by atoms with Crippen molar-refractivity contribution in [1.82, 2.24) is 19.9 Å². The predicted octanol–water partition coefficient (Wildman–Crippen LogP) is 5.30. The molecule has 3 heterocycles. The Bertz CT molecular complexity index is 1180. The molecule has 0 aliphatic heterocycles. The number of halogens is 3. The van der Waals surface area contributed by atoms with Crippen molar-refractivity contribution in [3.05, 3.63) is 47.4 Å². The van der Waals surface area contributed by atoms with Crippen molar-refractivity contribution in [2.75, 3.05) is 5.32 Å². The van der Waals surface area contributed by atoms with Crippen LogP contribution >= 0.6 is 0 Å². The average molecular weight is 458 g/mol. The largest absolute Gasteiger partial charge is 0.367 e. The Morgan fingerprint density at radius 3 is 2.67 bits per heavy atom. The van der Waals surface area contributed by atoms with Gasteiger partial charge in [-0.05, 0) is 56.9 Å². The lowest BCUT2D eigenvalue weighted by Gasteiger charge is -2.28. The standard InChI is InChI=1S/C24H26F3N5O/c1-13(15-2-3-15)32-23-20-17(11-29-22(20)30-12-31-23)21(33)16-9-18(25)19(28-10-16)8-14-4-6-24(26,27)7-5-14/h9-15H,2-8H2,1H3,(H2,29,30,31,32)/t13-/m0/s1. The summed E-state index contributed by atoms with van der Waals surface area (Å²) >= 11 is 0. The Morgan fingerprint density at radius 2 is 1.97 bits per heavy atom. The second kappa shape index (κ2) is 8.43. The van der Waals surface area contributed by atoms with Crippen LogP contribution in [0.5, 0.6) is 0 Å². The second-order valence-electron chi connectivity index (χ2n) is 9.40. The molecule has 0 bridgehead atoms. The van der Waals surface area contributed by atoms with Crippen molar-refractivity contribution in [3.63, 3.8) is 0 Å². The van der Waals surface area contributed by atoms with Gasteiger partial charge in [-0.2, -0.15) is 0 Å². The van der Waals surface area contributed by atoms with Gasteiger partial charge in [0.1, 0.15) is 23.6 Å². The van der Waals surface area contributed by atoms with E-state index in [2.05, 4.69) is 32.2 Å². The zero-order chi connectivity index (χ0) is 23.2. The monoisotopic (exact) mass is 457 g/mol. The summed E-state index contributed by atoms with van der Waals surface area (Å²) in [7, 11) is 0. The first kappa shape index (κ1) is 21.9. The van der Waals surface area contributed by atoms with Crippen LogP contribution in [0, 0.1) is 17.7 Å². The maximum absolute atomic E-state index is 14.8. The average Bonchev–Trinajstić information content (AvgIpc) is 3.55. The van der Waals surface area contributed by atoms with Gasteiger partial charge in [0.2, 0.25) is 5.92 Å². The number of nitrogens with zero attached hydrogens (tertiary/aromatic N) is 3. The molecule has 3 aromatic rings. The molecule has 0 radical (unpaired) electrons. The molecule has 2 aliphatic carbocycles. The third-order valence-corrected chi connectivity index (χ3v) is 6.91. The molecule has 1 atom stereocenters. The van der Waals surface area contributed by atoms with E-state index < -0.39 is 11.7 Å². The molecule has 3 aromatic heterocycles. The minimum atomic E-state index is -2.62. The van der Waals surface area contributed by atoms with Gasteiger partial charge in [-0.1, -0.05) is 0 Å². The summed E-state index contributed by atoms with van der Waals surface area (Å²) in [6.45, 7) is 2.09. The molecule has 0 aromatic carbocycles. The van der Waals surface area contributed by atoms with Crippen LogP contribution in [0.2, 0.25) is 0 Å². The van der Waals surface area contributed by atoms with Crippen LogP contribution in [-0.4, -0.2) is 37.7 Å². The fraction of sp³-hybridized carbons (Fsp3) is 0.500. The SMILES string of the molecule is C[C@H](Nc1ncnc2[nH]cc(C(=O)c3cnc(CC4CCC(F)(F)CC4)c(F)c3)c12)C1CC1. The summed E-state index contributed by atoms with van der Waals surface area (Å²) in [4.78, 5) is 29.0. The Morgan fingerprint density at radius 1 is 1.21 bits per heavy atom. The molecule has 2 saturated carbocycles. The number of pyridine rings is 1. The summed E-state index contributed by atoms with van der Waals surface area (Å²) in [6, 6.07) is 1.41. The van der Waals surface area contributed by atoms with Crippen LogP contribution in [0.4, 0.5) is 19.0 Å². The van der Waals surface area contributed by atoms with Crippen LogP contribution in [0.25, 0.3) is 11.0 Å². The highest BCUT2D eigenvalue weighted by atomic mass is 19.3. The first-order valence-electron chi connectivity index (χ1n) is 11.5. The van der Waals surface area contributed by atoms with E-state index in [0.717, 1.165) is 0 Å². The number of anilines is 1. The van der Waals surface area contributed by atoms with Crippen molar-refractivity contribution in [2.45, 2.75) is 63.8 Å². The molecule has 174 valence electrons. The number of aromatic nitrogens is 4. The number of carbonyl (C=O) groups is 1. The lowest BCUT2D eigenvalue weighted by atomic mass is 9.84. The van der Waals surface area contributed by atoms with E-state index in [0.29, 0.717) is 47.6 Å². The maximum Gasteiger partial charge on any atom is 0.248 e. The van der Waals surface area contributed by atoms with Crippen LogP contribution < -0.4 is 5.32 Å². The Hall–Kier alpha value is -2.97. The molecule has 2 fully saturated rings. The highest BCUT2D eigenvalue weighted by Gasteiger charge is 2.35. The molecule has 2 N–H and O–H groups in total. The summed E-state index contributed by atoms with van der Waals surface area (Å²) in [5.41, 5.74) is 1.21. The lowest BCUT2D eigenvalue weighted by Crippen LogP contribution is -2.26. The molecular formula is C24H26F3N5O. The smallest absolute Gasteiger partial charge is 0.248 e. The van der Waals surface area contributed by atoms with Crippen molar-refractivity contribution >= 4 is 22.6 Å². The van der Waals surface area contributed by atoms with E-state index in [9.17, 15) is 18.0 Å². The zero-order valence-corrected chi connectivity index (χ0v) is 18.4. The van der Waals surface area contributed by atoms with E-state index in [1.807, 2.05) is 0 Å². The molecule has 6 nitrogen and oxygen atoms in total. The van der Waals surface area contributed by atoms with Crippen molar-refractivity contribution in [2.24, 2.45) is 11.8 Å². The minimum absolute atomic E-state index is 0.0268. The summed E-state index contributed by atoms with van der Waals surface area (Å²) in [5.74, 6) is -2.45. The first-order chi connectivity index (χ1) is 15.8. The van der Waals surface area contributed by atoms with Gasteiger partial charge in [0.25, 0.3) is 0 Å². The third-order valence-electron chi connectivity index (χ3n) is 6.91. The maximum atomic E-state index is 14.8. The fourth-order valence-corrected chi connectivity index (χ4v) is 4.65. The normalized spacial score (nSPS) is 19.5. The van der Waals surface area contributed by atoms with Gasteiger partial charge in [-0.25, -0.2) is 23.1 Å². The van der Waals surface area contributed by atoms with E-state index in [4.69, 9.17) is 0 Å². The van der Waals surface area contributed by atoms with Gasteiger partial charge in [0.05, 0.1) is 16.6 Å². The minimum Gasteiger partial charge on any atom is -0.367 e. The zero-order valence-electron chi connectivity index (χ0n) is 18.4. The molecule has 0 unspecified atom stereocenters. The number of aromatic amines is 1. The molecule has 5 rings (SSSR count). The number of hydrogen-bond acceptors (Lipinski definition) is 5. The topological polar surface area (TPSA) is 83.6 Å². The molecule has 9 heteroatoms. The summed E-state index contributed by atoms with van der Waals surface area (Å²) in [5, 5.41) is 3.96. The van der Waals surface area contributed by atoms with Gasteiger partial charge in [0.15, 0.2) is 5.78 Å². The highest BCUT2D eigenvalue weighted by molar-refractivity contribution is 6.17. The van der Waals surface area contributed by atoms with Crippen molar-refractivity contribution in [1.29, 1.82) is 0 Å². The van der Waals surface area contributed by atoms with Gasteiger partial charge >= 0.3 is 0 Å². The first-order valence-corrected chi connectivity index (χ1v) is 11.5. The number of nitrogens with one attached hydrogen (secondary N) is 2. The van der Waals surface area contributed by atoms with Gasteiger partial charge in [-0.3, -0.25) is 9.78 Å². The number of hydrogen-bond donors (Lipinski definition) is 2. The number of H-pyrrole nitrogens is 1. The number of fused-ring (bicyclic) bond motifs is 1. The van der Waals surface area contributed by atoms with Gasteiger partial charge in [-0.15, -0.1) is 0 Å². The van der Waals surface area contributed by atoms with E-state index in [1.165, 1.54) is 31.4 Å². The quantitative estimate of drug-likeness (QED) is 0.471. The highest BCUT2D eigenvalue weighted by Crippen LogP contribution is 2.38. The Balaban J connectivity index is 1.37. The fourth-order valence-electron chi connectivity index (χ4n) is 4.65. The van der Waals surface area contributed by atoms with E-state index in [1.54, 1.807) is 6.20 Å². The van der Waals surface area contributed by atoms with Crippen molar-refractivity contribution in [3.8, 4) is 0 Å². The number of rotatable bonds is 7. The van der Waals surface area contributed by atoms with E-state index in [-0.39, 0.29) is 41.8 Å². The summed E-state index contributed by atoms with van der Waals surface area (Å²) < 4.78 is 41.6. The van der Waals surface area contributed by atoms with Gasteiger partial charge in [0, 0.05) is 36.8 Å². The van der Waals surface area contributed by atoms with E-state index >= 15 is 0 Å². The third kappa shape index (κ3) is 4.58. The molecule has 2 aliphatic rings. The second-order valence-corrected chi connectivity index (χ2v) is 9.40. The molecule has 0 saturated heterocycles. The van der Waals surface area contributed by atoms with Crippen molar-refractivity contribution < 1.29 is 18.0 Å². The number of alkyl halides is 2. The Kier molecular flexibility index (Phi) is 5.58. The molecule has 0 amide bonds. The molecular weight excluding hydrogens is 431 g/mol. The number of carbonyl (C=O) groups excluding carboxylic acids is 1. The van der Waals surface area contributed by atoms with Crippen LogP contribution in [0.15, 0.2) is 24.8 Å². The molecule has 0 spiro atoms. The predicted molar refractivity (Wildman–Crippen MR) is 118 cm³/mol. The van der Waals surface area contributed by atoms with Crippen LogP contribution in [0.1, 0.15) is 67.1 Å².